The van der Waals surface area contributed by atoms with E-state index in [-0.39, 0.29) is 0 Å². The Hall–Kier alpha value is -1.05. The van der Waals surface area contributed by atoms with Crippen molar-refractivity contribution in [3.8, 4) is 0 Å². The van der Waals surface area contributed by atoms with Crippen molar-refractivity contribution in [2.75, 3.05) is 0 Å². The Labute approximate surface area is 85.3 Å². The standard InChI is InChI=1S/C12H18O2/c1-9-6-10(2)8-11(7-9)4-3-5-12(13)14/h3-5,9-10H,6-8H2,1-2H3,(H,13,14)/b5-3+,11-4?. The van der Waals surface area contributed by atoms with Crippen LogP contribution in [-0.2, 0) is 4.79 Å². The minimum Gasteiger partial charge on any atom is -0.478 e. The van der Waals surface area contributed by atoms with Gasteiger partial charge >= 0.3 is 5.97 Å². The molecule has 0 saturated heterocycles. The lowest BCUT2D eigenvalue weighted by atomic mass is 9.80. The highest BCUT2D eigenvalue weighted by Crippen LogP contribution is 2.32. The molecular weight excluding hydrogens is 176 g/mol. The molecule has 0 bridgehead atoms. The van der Waals surface area contributed by atoms with Gasteiger partial charge in [0.1, 0.15) is 0 Å². The topological polar surface area (TPSA) is 37.3 Å². The highest BCUT2D eigenvalue weighted by Gasteiger charge is 2.17. The van der Waals surface area contributed by atoms with E-state index in [9.17, 15) is 4.79 Å². The Morgan fingerprint density at radius 2 is 1.93 bits per heavy atom. The van der Waals surface area contributed by atoms with Gasteiger partial charge in [0.05, 0.1) is 0 Å². The van der Waals surface area contributed by atoms with Crippen molar-refractivity contribution in [1.29, 1.82) is 0 Å². The highest BCUT2D eigenvalue weighted by molar-refractivity contribution is 5.80. The first-order valence-electron chi connectivity index (χ1n) is 5.17. The zero-order valence-corrected chi connectivity index (χ0v) is 8.86. The smallest absolute Gasteiger partial charge is 0.328 e. The molecule has 0 aromatic carbocycles. The predicted molar refractivity (Wildman–Crippen MR) is 57.0 cm³/mol. The van der Waals surface area contributed by atoms with Crippen LogP contribution in [0.15, 0.2) is 23.8 Å². The summed E-state index contributed by atoms with van der Waals surface area (Å²) in [5.74, 6) is 0.602. The average Bonchev–Trinajstić information content (AvgIpc) is 2.01. The third-order valence-electron chi connectivity index (χ3n) is 2.60. The highest BCUT2D eigenvalue weighted by atomic mass is 16.4. The molecule has 0 aromatic heterocycles. The van der Waals surface area contributed by atoms with Crippen molar-refractivity contribution in [1.82, 2.24) is 0 Å². The first kappa shape index (κ1) is 11.0. The molecule has 0 spiro atoms. The lowest BCUT2D eigenvalue weighted by Gasteiger charge is -2.26. The summed E-state index contributed by atoms with van der Waals surface area (Å²) in [6, 6.07) is 0. The zero-order chi connectivity index (χ0) is 10.6. The molecule has 1 aliphatic carbocycles. The van der Waals surface area contributed by atoms with E-state index in [1.54, 1.807) is 6.08 Å². The summed E-state index contributed by atoms with van der Waals surface area (Å²) in [6.45, 7) is 4.51. The number of aliphatic carboxylic acids is 1. The molecule has 78 valence electrons. The fourth-order valence-corrected chi connectivity index (χ4v) is 2.23. The van der Waals surface area contributed by atoms with E-state index in [1.807, 2.05) is 6.08 Å². The van der Waals surface area contributed by atoms with Crippen LogP contribution in [0.25, 0.3) is 0 Å². The second kappa shape index (κ2) is 4.99. The largest absolute Gasteiger partial charge is 0.478 e. The molecule has 14 heavy (non-hydrogen) atoms. The molecule has 1 rings (SSSR count). The third kappa shape index (κ3) is 3.77. The van der Waals surface area contributed by atoms with Gasteiger partial charge < -0.3 is 5.11 Å². The van der Waals surface area contributed by atoms with Gasteiger partial charge in [-0.15, -0.1) is 0 Å². The third-order valence-corrected chi connectivity index (χ3v) is 2.60. The average molecular weight is 194 g/mol. The van der Waals surface area contributed by atoms with Crippen LogP contribution in [0.3, 0.4) is 0 Å². The van der Waals surface area contributed by atoms with Crippen LogP contribution < -0.4 is 0 Å². The maximum Gasteiger partial charge on any atom is 0.328 e. The number of hydrogen-bond acceptors (Lipinski definition) is 1. The molecule has 0 amide bonds. The van der Waals surface area contributed by atoms with E-state index in [1.165, 1.54) is 18.1 Å². The Morgan fingerprint density at radius 3 is 2.43 bits per heavy atom. The van der Waals surface area contributed by atoms with E-state index in [4.69, 9.17) is 5.11 Å². The second-order valence-electron chi connectivity index (χ2n) is 4.38. The summed E-state index contributed by atoms with van der Waals surface area (Å²) in [6.07, 6.45) is 8.32. The molecule has 0 aliphatic heterocycles. The van der Waals surface area contributed by atoms with Crippen molar-refractivity contribution in [2.45, 2.75) is 33.1 Å². The van der Waals surface area contributed by atoms with Gasteiger partial charge in [0.2, 0.25) is 0 Å². The summed E-state index contributed by atoms with van der Waals surface area (Å²) < 4.78 is 0. The number of carboxylic acids is 1. The molecule has 2 unspecified atom stereocenters. The second-order valence-corrected chi connectivity index (χ2v) is 4.38. The summed E-state index contributed by atoms with van der Waals surface area (Å²) in [5.41, 5.74) is 1.38. The summed E-state index contributed by atoms with van der Waals surface area (Å²) in [7, 11) is 0. The number of rotatable bonds is 2. The molecule has 0 aromatic rings. The minimum atomic E-state index is -0.876. The van der Waals surface area contributed by atoms with E-state index < -0.39 is 5.97 Å². The van der Waals surface area contributed by atoms with Crippen molar-refractivity contribution in [2.24, 2.45) is 11.8 Å². The van der Waals surface area contributed by atoms with Crippen LogP contribution in [0.2, 0.25) is 0 Å². The molecule has 1 aliphatic rings. The van der Waals surface area contributed by atoms with Gasteiger partial charge in [0.15, 0.2) is 0 Å². The first-order chi connectivity index (χ1) is 6.58. The van der Waals surface area contributed by atoms with Crippen LogP contribution in [0.5, 0.6) is 0 Å². The number of hydrogen-bond donors (Lipinski definition) is 1. The van der Waals surface area contributed by atoms with E-state index in [2.05, 4.69) is 13.8 Å². The molecule has 2 nitrogen and oxygen atoms in total. The van der Waals surface area contributed by atoms with Crippen LogP contribution in [0.1, 0.15) is 33.1 Å². The molecule has 1 saturated carbocycles. The van der Waals surface area contributed by atoms with E-state index in [0.717, 1.165) is 24.7 Å². The van der Waals surface area contributed by atoms with Crippen molar-refractivity contribution in [3.05, 3.63) is 23.8 Å². The van der Waals surface area contributed by atoms with Gasteiger partial charge in [-0.2, -0.15) is 0 Å². The van der Waals surface area contributed by atoms with Crippen molar-refractivity contribution in [3.63, 3.8) is 0 Å². The molecule has 0 heterocycles. The quantitative estimate of drug-likeness (QED) is 0.686. The molecule has 0 radical (unpaired) electrons. The van der Waals surface area contributed by atoms with Crippen molar-refractivity contribution >= 4 is 5.97 Å². The van der Waals surface area contributed by atoms with Crippen LogP contribution in [0.4, 0.5) is 0 Å². The normalized spacial score (nSPS) is 28.0. The van der Waals surface area contributed by atoms with Crippen LogP contribution in [0, 0.1) is 11.8 Å². The Morgan fingerprint density at radius 1 is 1.36 bits per heavy atom. The number of carboxylic acid groups (broad SMARTS) is 1. The molecule has 2 heteroatoms. The maximum atomic E-state index is 10.3. The van der Waals surface area contributed by atoms with Gasteiger partial charge in [-0.05, 0) is 31.1 Å². The van der Waals surface area contributed by atoms with Crippen LogP contribution >= 0.6 is 0 Å². The van der Waals surface area contributed by atoms with Crippen molar-refractivity contribution < 1.29 is 9.90 Å². The maximum absolute atomic E-state index is 10.3. The lowest BCUT2D eigenvalue weighted by Crippen LogP contribution is -2.12. The summed E-state index contributed by atoms with van der Waals surface area (Å²) in [5, 5.41) is 8.43. The first-order valence-corrected chi connectivity index (χ1v) is 5.17. The van der Waals surface area contributed by atoms with E-state index in [0.29, 0.717) is 0 Å². The lowest BCUT2D eigenvalue weighted by molar-refractivity contribution is -0.131. The van der Waals surface area contributed by atoms with E-state index >= 15 is 0 Å². The van der Waals surface area contributed by atoms with Gasteiger partial charge in [-0.1, -0.05) is 31.6 Å². The minimum absolute atomic E-state index is 0.739. The molecule has 1 fully saturated rings. The number of allylic oxidation sites excluding steroid dienone is 3. The number of carbonyl (C=O) groups is 1. The SMILES string of the molecule is CC1CC(=C/C=C/C(=O)O)CC(C)C1. The van der Waals surface area contributed by atoms with Gasteiger partial charge in [-0.25, -0.2) is 4.79 Å². The van der Waals surface area contributed by atoms with Gasteiger partial charge in [-0.3, -0.25) is 0 Å². The van der Waals surface area contributed by atoms with Gasteiger partial charge in [0.25, 0.3) is 0 Å². The summed E-state index contributed by atoms with van der Waals surface area (Å²) >= 11 is 0. The molecule has 1 N–H and O–H groups in total. The summed E-state index contributed by atoms with van der Waals surface area (Å²) in [4.78, 5) is 10.3. The van der Waals surface area contributed by atoms with Gasteiger partial charge in [0, 0.05) is 6.08 Å². The van der Waals surface area contributed by atoms with Crippen LogP contribution in [-0.4, -0.2) is 11.1 Å². The monoisotopic (exact) mass is 194 g/mol. The fourth-order valence-electron chi connectivity index (χ4n) is 2.23. The molecule has 2 atom stereocenters. The molecular formula is C12H18O2. The Bertz CT molecular complexity index is 251. The zero-order valence-electron chi connectivity index (χ0n) is 8.86. The Kier molecular flexibility index (Phi) is 3.93. The predicted octanol–water partition coefficient (Wildman–Crippen LogP) is 3.01. The Balaban J connectivity index is 2.54. The fraction of sp³-hybridized carbons (Fsp3) is 0.583.